The fourth-order valence-electron chi connectivity index (χ4n) is 2.58. The number of anilines is 2. The van der Waals surface area contributed by atoms with Gasteiger partial charge in [-0.3, -0.25) is 9.78 Å². The Morgan fingerprint density at radius 2 is 1.89 bits per heavy atom. The van der Waals surface area contributed by atoms with Crippen molar-refractivity contribution in [1.82, 2.24) is 4.98 Å². The Morgan fingerprint density at radius 1 is 1.11 bits per heavy atom. The summed E-state index contributed by atoms with van der Waals surface area (Å²) in [5.41, 5.74) is 2.70. The molecule has 0 unspecified atom stereocenters. The first kappa shape index (κ1) is 19.6. The zero-order chi connectivity index (χ0) is 19.9. The van der Waals surface area contributed by atoms with E-state index in [4.69, 9.17) is 16.3 Å². The number of nitrogens with one attached hydrogen (secondary N) is 2. The van der Waals surface area contributed by atoms with Gasteiger partial charge in [0.05, 0.1) is 23.4 Å². The minimum absolute atomic E-state index is 0.0510. The molecular formula is C21H19ClFN3O2. The standard InChI is InChI=1S/C21H19ClFN3O2/c1-28-18-5-2-14(3-6-18)8-9-25-17-10-15(12-24-13-17)21(27)26-16-4-7-20(23)19(22)11-16/h2-7,10-13,25H,8-9H2,1H3,(H,26,27). The van der Waals surface area contributed by atoms with Gasteiger partial charge in [0.1, 0.15) is 11.6 Å². The highest BCUT2D eigenvalue weighted by molar-refractivity contribution is 6.31. The predicted octanol–water partition coefficient (Wildman–Crippen LogP) is 4.79. The molecule has 7 heteroatoms. The maximum absolute atomic E-state index is 13.2. The predicted molar refractivity (Wildman–Crippen MR) is 109 cm³/mol. The Morgan fingerprint density at radius 3 is 2.61 bits per heavy atom. The van der Waals surface area contributed by atoms with Crippen molar-refractivity contribution < 1.29 is 13.9 Å². The summed E-state index contributed by atoms with van der Waals surface area (Å²) < 4.78 is 18.4. The van der Waals surface area contributed by atoms with Crippen molar-refractivity contribution in [3.63, 3.8) is 0 Å². The topological polar surface area (TPSA) is 63.2 Å². The van der Waals surface area contributed by atoms with Crippen LogP contribution in [-0.2, 0) is 6.42 Å². The van der Waals surface area contributed by atoms with Gasteiger partial charge in [0.25, 0.3) is 5.91 Å². The largest absolute Gasteiger partial charge is 0.497 e. The number of benzene rings is 2. The third-order valence-electron chi connectivity index (χ3n) is 4.08. The molecule has 1 amide bonds. The number of hydrogen-bond donors (Lipinski definition) is 2. The maximum atomic E-state index is 13.2. The monoisotopic (exact) mass is 399 g/mol. The van der Waals surface area contributed by atoms with Crippen LogP contribution in [0.3, 0.4) is 0 Å². The van der Waals surface area contributed by atoms with Gasteiger partial charge >= 0.3 is 0 Å². The van der Waals surface area contributed by atoms with Gasteiger partial charge in [-0.1, -0.05) is 23.7 Å². The molecule has 0 aliphatic carbocycles. The SMILES string of the molecule is COc1ccc(CCNc2cncc(C(=O)Nc3ccc(F)c(Cl)c3)c2)cc1. The molecule has 28 heavy (non-hydrogen) atoms. The zero-order valence-corrected chi connectivity index (χ0v) is 16.0. The van der Waals surface area contributed by atoms with Crippen molar-refractivity contribution in [1.29, 1.82) is 0 Å². The second-order valence-corrected chi connectivity index (χ2v) is 6.48. The quantitative estimate of drug-likeness (QED) is 0.599. The van der Waals surface area contributed by atoms with Gasteiger partial charge in [0.2, 0.25) is 0 Å². The molecule has 2 aromatic carbocycles. The highest BCUT2D eigenvalue weighted by Crippen LogP contribution is 2.20. The Kier molecular flexibility index (Phi) is 6.45. The van der Waals surface area contributed by atoms with Crippen LogP contribution in [0.2, 0.25) is 5.02 Å². The average molecular weight is 400 g/mol. The van der Waals surface area contributed by atoms with Crippen molar-refractivity contribution in [3.8, 4) is 5.75 Å². The molecule has 0 radical (unpaired) electrons. The van der Waals surface area contributed by atoms with E-state index >= 15 is 0 Å². The van der Waals surface area contributed by atoms with Gasteiger partial charge in [-0.25, -0.2) is 4.39 Å². The van der Waals surface area contributed by atoms with E-state index < -0.39 is 5.82 Å². The second kappa shape index (κ2) is 9.19. The molecule has 1 heterocycles. The van der Waals surface area contributed by atoms with Crippen LogP contribution in [0.1, 0.15) is 15.9 Å². The number of amides is 1. The number of ether oxygens (including phenoxy) is 1. The van der Waals surface area contributed by atoms with E-state index in [1.54, 1.807) is 19.4 Å². The van der Waals surface area contributed by atoms with Gasteiger partial charge in [0, 0.05) is 24.6 Å². The number of halogens is 2. The number of hydrogen-bond acceptors (Lipinski definition) is 4. The Hall–Kier alpha value is -3.12. The van der Waals surface area contributed by atoms with E-state index in [0.717, 1.165) is 17.9 Å². The van der Waals surface area contributed by atoms with E-state index in [1.165, 1.54) is 30.0 Å². The number of rotatable bonds is 7. The molecule has 144 valence electrons. The number of pyridine rings is 1. The van der Waals surface area contributed by atoms with Gasteiger partial charge in [-0.05, 0) is 48.4 Å². The number of aromatic nitrogens is 1. The molecule has 0 fully saturated rings. The van der Waals surface area contributed by atoms with E-state index in [9.17, 15) is 9.18 Å². The van der Waals surface area contributed by atoms with Crippen molar-refractivity contribution in [2.45, 2.75) is 6.42 Å². The molecule has 5 nitrogen and oxygen atoms in total. The van der Waals surface area contributed by atoms with Gasteiger partial charge in [-0.15, -0.1) is 0 Å². The minimum Gasteiger partial charge on any atom is -0.497 e. The molecular weight excluding hydrogens is 381 g/mol. The molecule has 0 saturated carbocycles. The maximum Gasteiger partial charge on any atom is 0.257 e. The molecule has 0 bridgehead atoms. The molecule has 0 aliphatic rings. The van der Waals surface area contributed by atoms with Crippen LogP contribution in [0.5, 0.6) is 5.75 Å². The van der Waals surface area contributed by atoms with Crippen LogP contribution in [0.25, 0.3) is 0 Å². The normalized spacial score (nSPS) is 10.4. The smallest absolute Gasteiger partial charge is 0.257 e. The van der Waals surface area contributed by atoms with Crippen LogP contribution >= 0.6 is 11.6 Å². The summed E-state index contributed by atoms with van der Waals surface area (Å²) in [5.74, 6) is -0.0690. The van der Waals surface area contributed by atoms with Crippen molar-refractivity contribution in [2.75, 3.05) is 24.3 Å². The van der Waals surface area contributed by atoms with Crippen LogP contribution < -0.4 is 15.4 Å². The first-order chi connectivity index (χ1) is 13.5. The van der Waals surface area contributed by atoms with Crippen molar-refractivity contribution in [2.24, 2.45) is 0 Å². The van der Waals surface area contributed by atoms with Crippen LogP contribution in [0, 0.1) is 5.82 Å². The number of carbonyl (C=O) groups excluding carboxylic acids is 1. The van der Waals surface area contributed by atoms with E-state index in [-0.39, 0.29) is 10.9 Å². The van der Waals surface area contributed by atoms with Crippen molar-refractivity contribution >= 4 is 28.9 Å². The third kappa shape index (κ3) is 5.20. The Bertz CT molecular complexity index is 964. The fraction of sp³-hybridized carbons (Fsp3) is 0.143. The van der Waals surface area contributed by atoms with Crippen LogP contribution in [0.4, 0.5) is 15.8 Å². The first-order valence-electron chi connectivity index (χ1n) is 8.63. The number of methoxy groups -OCH3 is 1. The summed E-state index contributed by atoms with van der Waals surface area (Å²) in [7, 11) is 1.64. The molecule has 3 rings (SSSR count). The Labute approximate surface area is 167 Å². The van der Waals surface area contributed by atoms with Crippen LogP contribution in [-0.4, -0.2) is 24.5 Å². The van der Waals surface area contributed by atoms with Gasteiger partial charge < -0.3 is 15.4 Å². The highest BCUT2D eigenvalue weighted by Gasteiger charge is 2.09. The average Bonchev–Trinajstić information content (AvgIpc) is 2.71. The Balaban J connectivity index is 1.58. The van der Waals surface area contributed by atoms with E-state index in [1.807, 2.05) is 24.3 Å². The second-order valence-electron chi connectivity index (χ2n) is 6.07. The molecule has 3 aromatic rings. The molecule has 1 aromatic heterocycles. The van der Waals surface area contributed by atoms with Crippen molar-refractivity contribution in [3.05, 3.63) is 82.9 Å². The molecule has 0 saturated heterocycles. The lowest BCUT2D eigenvalue weighted by Gasteiger charge is -2.09. The van der Waals surface area contributed by atoms with Gasteiger partial charge in [-0.2, -0.15) is 0 Å². The first-order valence-corrected chi connectivity index (χ1v) is 9.01. The summed E-state index contributed by atoms with van der Waals surface area (Å²) in [6.07, 6.45) is 3.93. The van der Waals surface area contributed by atoms with Gasteiger partial charge in [0.15, 0.2) is 0 Å². The van der Waals surface area contributed by atoms with E-state index in [2.05, 4.69) is 15.6 Å². The van der Waals surface area contributed by atoms with Crippen LogP contribution in [0.15, 0.2) is 60.9 Å². The lowest BCUT2D eigenvalue weighted by atomic mass is 10.1. The molecule has 0 spiro atoms. The molecule has 0 atom stereocenters. The summed E-state index contributed by atoms with van der Waals surface area (Å²) in [5, 5.41) is 5.88. The third-order valence-corrected chi connectivity index (χ3v) is 4.37. The summed E-state index contributed by atoms with van der Waals surface area (Å²) in [4.78, 5) is 16.5. The highest BCUT2D eigenvalue weighted by atomic mass is 35.5. The summed E-state index contributed by atoms with van der Waals surface area (Å²) >= 11 is 5.74. The summed E-state index contributed by atoms with van der Waals surface area (Å²) in [6.45, 7) is 0.687. The van der Waals surface area contributed by atoms with E-state index in [0.29, 0.717) is 17.8 Å². The molecule has 0 aliphatic heterocycles. The lowest BCUT2D eigenvalue weighted by Crippen LogP contribution is -2.13. The molecule has 2 N–H and O–H groups in total. The zero-order valence-electron chi connectivity index (χ0n) is 15.2. The lowest BCUT2D eigenvalue weighted by molar-refractivity contribution is 0.102. The number of carbonyl (C=O) groups is 1. The fourth-order valence-corrected chi connectivity index (χ4v) is 2.76. The number of nitrogens with zero attached hydrogens (tertiary/aromatic N) is 1. The minimum atomic E-state index is -0.538. The summed E-state index contributed by atoms with van der Waals surface area (Å²) in [6, 6.07) is 13.6.